The van der Waals surface area contributed by atoms with E-state index in [0.717, 1.165) is 0 Å². The van der Waals surface area contributed by atoms with Crippen LogP contribution in [0.1, 0.15) is 20.8 Å². The molecule has 0 spiro atoms. The van der Waals surface area contributed by atoms with Gasteiger partial charge in [-0.3, -0.25) is 0 Å². The maximum absolute atomic E-state index is 3.97. The summed E-state index contributed by atoms with van der Waals surface area (Å²) in [5, 5.41) is 1.56. The molecule has 10 heavy (non-hydrogen) atoms. The Hall–Kier alpha value is -0.303. The first kappa shape index (κ1) is 9.70. The Morgan fingerprint density at radius 3 is 1.50 bits per heavy atom. The van der Waals surface area contributed by atoms with E-state index in [0.29, 0.717) is 0 Å². The molecular weight excluding hydrogens is 136 g/mol. The van der Waals surface area contributed by atoms with Crippen molar-refractivity contribution in [3.05, 3.63) is 22.9 Å². The second-order valence-electron chi connectivity index (χ2n) is 3.35. The first-order chi connectivity index (χ1) is 4.46. The second kappa shape index (κ2) is 3.77. The van der Waals surface area contributed by atoms with Crippen molar-refractivity contribution in [3.8, 4) is 0 Å². The molecule has 58 valence electrons. The zero-order chi connectivity index (χ0) is 8.31. The van der Waals surface area contributed by atoms with E-state index in [1.54, 1.807) is 5.20 Å². The van der Waals surface area contributed by atoms with Crippen molar-refractivity contribution < 1.29 is 0 Å². The monoisotopic (exact) mass is 154 g/mol. The van der Waals surface area contributed by atoms with Crippen molar-refractivity contribution >= 4 is 8.80 Å². The molecule has 0 aliphatic rings. The summed E-state index contributed by atoms with van der Waals surface area (Å²) in [7, 11) is -0.621. The molecule has 0 atom stereocenters. The first-order valence-corrected chi connectivity index (χ1v) is 6.68. The smallest absolute Gasteiger partial charge is 0.0649 e. The standard InChI is InChI=1S/C9H18Si/c1-7(2)9(8(3)4)10(5)6/h10H,1H2,2-6H3. The van der Waals surface area contributed by atoms with E-state index in [-0.39, 0.29) is 0 Å². The summed E-state index contributed by atoms with van der Waals surface area (Å²) in [4.78, 5) is 0. The minimum absolute atomic E-state index is 0.621. The van der Waals surface area contributed by atoms with E-state index < -0.39 is 8.80 Å². The van der Waals surface area contributed by atoms with E-state index in [1.807, 2.05) is 0 Å². The van der Waals surface area contributed by atoms with Gasteiger partial charge in [-0.25, -0.2) is 0 Å². The molecule has 0 nitrogen and oxygen atoms in total. The molecule has 0 aromatic heterocycles. The summed E-state index contributed by atoms with van der Waals surface area (Å²) < 4.78 is 0. The van der Waals surface area contributed by atoms with Gasteiger partial charge in [0, 0.05) is 0 Å². The molecule has 0 saturated heterocycles. The molecule has 0 amide bonds. The van der Waals surface area contributed by atoms with Crippen molar-refractivity contribution in [2.75, 3.05) is 0 Å². The molecule has 0 radical (unpaired) electrons. The Morgan fingerprint density at radius 2 is 1.50 bits per heavy atom. The Labute approximate surface area is 66.3 Å². The largest absolute Gasteiger partial charge is 0.0962 e. The van der Waals surface area contributed by atoms with Gasteiger partial charge in [0.2, 0.25) is 0 Å². The fourth-order valence-corrected chi connectivity index (χ4v) is 3.64. The minimum atomic E-state index is -0.621. The average Bonchev–Trinajstić information content (AvgIpc) is 1.59. The number of hydrogen-bond acceptors (Lipinski definition) is 0. The maximum Gasteiger partial charge on any atom is 0.0649 e. The number of allylic oxidation sites excluding steroid dienone is 3. The highest BCUT2D eigenvalue weighted by Gasteiger charge is 2.05. The average molecular weight is 154 g/mol. The zero-order valence-corrected chi connectivity index (χ0v) is 8.94. The van der Waals surface area contributed by atoms with Gasteiger partial charge in [0.15, 0.2) is 0 Å². The number of hydrogen-bond donors (Lipinski definition) is 0. The van der Waals surface area contributed by atoms with Gasteiger partial charge in [0.1, 0.15) is 0 Å². The molecule has 0 aromatic carbocycles. The van der Waals surface area contributed by atoms with Crippen LogP contribution >= 0.6 is 0 Å². The minimum Gasteiger partial charge on any atom is -0.0962 e. The van der Waals surface area contributed by atoms with Crippen LogP contribution in [0.5, 0.6) is 0 Å². The lowest BCUT2D eigenvalue weighted by Crippen LogP contribution is -2.08. The van der Waals surface area contributed by atoms with Crippen LogP contribution in [0.2, 0.25) is 13.1 Å². The molecule has 0 aliphatic carbocycles. The van der Waals surface area contributed by atoms with Crippen molar-refractivity contribution in [3.63, 3.8) is 0 Å². The quantitative estimate of drug-likeness (QED) is 0.424. The first-order valence-electron chi connectivity index (χ1n) is 3.80. The fraction of sp³-hybridized carbons (Fsp3) is 0.556. The Morgan fingerprint density at radius 1 is 1.10 bits per heavy atom. The van der Waals surface area contributed by atoms with E-state index >= 15 is 0 Å². The Kier molecular flexibility index (Phi) is 3.65. The lowest BCUT2D eigenvalue weighted by atomic mass is 10.2. The molecule has 0 saturated carbocycles. The van der Waals surface area contributed by atoms with Gasteiger partial charge < -0.3 is 0 Å². The fourth-order valence-electron chi connectivity index (χ4n) is 1.50. The van der Waals surface area contributed by atoms with E-state index in [1.165, 1.54) is 11.1 Å². The number of rotatable bonds is 2. The van der Waals surface area contributed by atoms with Gasteiger partial charge in [0.05, 0.1) is 8.80 Å². The normalized spacial score (nSPS) is 9.80. The lowest BCUT2D eigenvalue weighted by Gasteiger charge is -2.11. The molecule has 0 rings (SSSR count). The summed E-state index contributed by atoms with van der Waals surface area (Å²) in [6, 6.07) is 0. The zero-order valence-electron chi connectivity index (χ0n) is 7.78. The molecule has 0 aliphatic heterocycles. The van der Waals surface area contributed by atoms with Crippen molar-refractivity contribution in [2.45, 2.75) is 33.9 Å². The predicted octanol–water partition coefficient (Wildman–Crippen LogP) is 2.92. The second-order valence-corrected chi connectivity index (χ2v) is 6.24. The van der Waals surface area contributed by atoms with Crippen LogP contribution < -0.4 is 0 Å². The van der Waals surface area contributed by atoms with Gasteiger partial charge in [-0.1, -0.05) is 36.0 Å². The molecule has 0 heterocycles. The van der Waals surface area contributed by atoms with Crippen molar-refractivity contribution in [2.24, 2.45) is 0 Å². The third-order valence-corrected chi connectivity index (χ3v) is 3.80. The molecule has 0 aromatic rings. The summed E-state index contributed by atoms with van der Waals surface area (Å²) in [6.45, 7) is 15.1. The molecule has 0 bridgehead atoms. The SMILES string of the molecule is C=C(C)C(=C(C)C)[SiH](C)C. The molecule has 0 unspecified atom stereocenters. The van der Waals surface area contributed by atoms with Gasteiger partial charge in [0.25, 0.3) is 0 Å². The van der Waals surface area contributed by atoms with Crippen LogP contribution in [-0.2, 0) is 0 Å². The van der Waals surface area contributed by atoms with Gasteiger partial charge in [-0.2, -0.15) is 0 Å². The summed E-state index contributed by atoms with van der Waals surface area (Å²) >= 11 is 0. The molecule has 1 heteroatoms. The van der Waals surface area contributed by atoms with Crippen LogP contribution in [0.25, 0.3) is 0 Å². The lowest BCUT2D eigenvalue weighted by molar-refractivity contribution is 1.32. The highest BCUT2D eigenvalue weighted by molar-refractivity contribution is 6.65. The van der Waals surface area contributed by atoms with Crippen molar-refractivity contribution in [1.29, 1.82) is 0 Å². The molecule has 0 N–H and O–H groups in total. The van der Waals surface area contributed by atoms with Gasteiger partial charge >= 0.3 is 0 Å². The molecule has 0 fully saturated rings. The van der Waals surface area contributed by atoms with Crippen molar-refractivity contribution in [1.82, 2.24) is 0 Å². The van der Waals surface area contributed by atoms with Crippen LogP contribution in [0.3, 0.4) is 0 Å². The highest BCUT2D eigenvalue weighted by atomic mass is 28.3. The highest BCUT2D eigenvalue weighted by Crippen LogP contribution is 2.15. The van der Waals surface area contributed by atoms with Crippen LogP contribution in [0.4, 0.5) is 0 Å². The summed E-state index contributed by atoms with van der Waals surface area (Å²) in [5.41, 5.74) is 2.72. The maximum atomic E-state index is 3.97. The van der Waals surface area contributed by atoms with E-state index in [2.05, 4.69) is 40.4 Å². The molecular formula is C9H18Si. The summed E-state index contributed by atoms with van der Waals surface area (Å²) in [6.07, 6.45) is 0. The topological polar surface area (TPSA) is 0 Å². The van der Waals surface area contributed by atoms with Crippen LogP contribution in [-0.4, -0.2) is 8.80 Å². The van der Waals surface area contributed by atoms with Gasteiger partial charge in [-0.15, -0.1) is 0 Å². The Bertz CT molecular complexity index is 160. The van der Waals surface area contributed by atoms with Crippen LogP contribution in [0, 0.1) is 0 Å². The summed E-state index contributed by atoms with van der Waals surface area (Å²) in [5.74, 6) is 0. The third-order valence-electron chi connectivity index (χ3n) is 1.58. The predicted molar refractivity (Wildman–Crippen MR) is 52.1 cm³/mol. The van der Waals surface area contributed by atoms with E-state index in [9.17, 15) is 0 Å². The Balaban J connectivity index is 4.61. The van der Waals surface area contributed by atoms with E-state index in [4.69, 9.17) is 0 Å². The van der Waals surface area contributed by atoms with Crippen LogP contribution in [0.15, 0.2) is 22.9 Å². The van der Waals surface area contributed by atoms with Gasteiger partial charge in [-0.05, 0) is 20.8 Å². The third kappa shape index (κ3) is 2.52.